The zero-order valence-electron chi connectivity index (χ0n) is 19.3. The third kappa shape index (κ3) is 4.31. The predicted octanol–water partition coefficient (Wildman–Crippen LogP) is 3.95. The lowest BCUT2D eigenvalue weighted by atomic mass is 9.80. The van der Waals surface area contributed by atoms with E-state index in [1.807, 2.05) is 43.4 Å². The molecule has 0 atom stereocenters. The fourth-order valence-corrected chi connectivity index (χ4v) is 6.29. The quantitative estimate of drug-likeness (QED) is 0.409. The first kappa shape index (κ1) is 22.9. The molecular formula is C25H29BN4O3S. The van der Waals surface area contributed by atoms with Crippen LogP contribution in [0.3, 0.4) is 0 Å². The molecule has 5 rings (SSSR count). The Balaban J connectivity index is 1.44. The van der Waals surface area contributed by atoms with E-state index in [1.54, 1.807) is 36.7 Å². The molecule has 1 aliphatic rings. The van der Waals surface area contributed by atoms with Crippen molar-refractivity contribution in [3.05, 3.63) is 73.2 Å². The molecule has 4 aromatic rings. The van der Waals surface area contributed by atoms with Gasteiger partial charge in [0.15, 0.2) is 0 Å². The molecule has 176 valence electrons. The van der Waals surface area contributed by atoms with Gasteiger partial charge in [-0.3, -0.25) is 0 Å². The van der Waals surface area contributed by atoms with E-state index < -0.39 is 10.0 Å². The van der Waals surface area contributed by atoms with Crippen molar-refractivity contribution >= 4 is 28.0 Å². The summed E-state index contributed by atoms with van der Waals surface area (Å²) in [6.07, 6.45) is 8.62. The third-order valence-corrected chi connectivity index (χ3v) is 8.58. The lowest BCUT2D eigenvalue weighted by Gasteiger charge is -2.32. The fourth-order valence-electron chi connectivity index (χ4n) is 4.90. The van der Waals surface area contributed by atoms with Crippen molar-refractivity contribution in [2.75, 3.05) is 13.1 Å². The third-order valence-electron chi connectivity index (χ3n) is 6.89. The second-order valence-corrected chi connectivity index (χ2v) is 10.8. The Labute approximate surface area is 200 Å². The molecule has 3 heterocycles. The summed E-state index contributed by atoms with van der Waals surface area (Å²) >= 11 is 0. The summed E-state index contributed by atoms with van der Waals surface area (Å²) in [5, 5.41) is 10.7. The number of aryl methyl sites for hydroxylation is 1. The Morgan fingerprint density at radius 3 is 2.50 bits per heavy atom. The molecule has 2 aromatic heterocycles. The normalized spacial score (nSPS) is 15.7. The maximum Gasteiger partial charge on any atom is 0.376 e. The van der Waals surface area contributed by atoms with Crippen LogP contribution in [0.2, 0.25) is 6.82 Å². The second kappa shape index (κ2) is 9.41. The lowest BCUT2D eigenvalue weighted by Crippen LogP contribution is -2.43. The Bertz CT molecular complexity index is 1370. The number of nitrogens with zero attached hydrogens (tertiary/aromatic N) is 4. The number of rotatable bonds is 7. The zero-order valence-corrected chi connectivity index (χ0v) is 20.1. The van der Waals surface area contributed by atoms with Crippen LogP contribution in [0.4, 0.5) is 0 Å². The Kier molecular flexibility index (Phi) is 6.33. The van der Waals surface area contributed by atoms with Crippen molar-refractivity contribution in [1.29, 1.82) is 0 Å². The average molecular weight is 476 g/mol. The molecule has 0 radical (unpaired) electrons. The molecule has 2 aromatic carbocycles. The first-order valence-corrected chi connectivity index (χ1v) is 13.2. The zero-order chi connectivity index (χ0) is 23.7. The molecule has 0 unspecified atom stereocenters. The van der Waals surface area contributed by atoms with Crippen LogP contribution in [0.25, 0.3) is 22.3 Å². The first-order chi connectivity index (χ1) is 16.4. The van der Waals surface area contributed by atoms with E-state index in [0.717, 1.165) is 55.7 Å². The molecule has 0 bridgehead atoms. The van der Waals surface area contributed by atoms with Crippen LogP contribution in [0.15, 0.2) is 78.1 Å². The number of fused-ring (bicyclic) bond motifs is 1. The minimum absolute atomic E-state index is 0.259. The summed E-state index contributed by atoms with van der Waals surface area (Å²) < 4.78 is 30.4. The Morgan fingerprint density at radius 1 is 1.06 bits per heavy atom. The van der Waals surface area contributed by atoms with E-state index in [0.29, 0.717) is 11.4 Å². The lowest BCUT2D eigenvalue weighted by molar-refractivity contribution is 0.237. The van der Waals surface area contributed by atoms with Crippen LogP contribution >= 0.6 is 0 Å². The average Bonchev–Trinajstić information content (AvgIpc) is 3.48. The number of para-hydroxylation sites is 1. The first-order valence-electron chi connectivity index (χ1n) is 11.8. The monoisotopic (exact) mass is 476 g/mol. The summed E-state index contributed by atoms with van der Waals surface area (Å²) in [7, 11) is -4.12. The van der Waals surface area contributed by atoms with Crippen LogP contribution < -0.4 is 0 Å². The number of aromatic nitrogens is 3. The summed E-state index contributed by atoms with van der Waals surface area (Å²) in [4.78, 5) is 6.99. The standard InChI is InChI=1S/C25H29BN4O3S/c1-26(31)29-16-12-20(13-17-29)11-15-28-18-14-27-25(28)23-19-30(24-10-6-5-9-22(23)24)34(32,33)21-7-3-2-4-8-21/h2-10,14,18-20,31H,11-13,15-17H2,1H3. The fraction of sp³-hybridized carbons (Fsp3) is 0.320. The molecule has 7 nitrogen and oxygen atoms in total. The molecule has 34 heavy (non-hydrogen) atoms. The van der Waals surface area contributed by atoms with Gasteiger partial charge in [0, 0.05) is 36.1 Å². The molecule has 1 aliphatic heterocycles. The van der Waals surface area contributed by atoms with Gasteiger partial charge in [0.05, 0.1) is 10.4 Å². The van der Waals surface area contributed by atoms with Crippen molar-refractivity contribution in [2.24, 2.45) is 5.92 Å². The predicted molar refractivity (Wildman–Crippen MR) is 135 cm³/mol. The van der Waals surface area contributed by atoms with E-state index in [9.17, 15) is 13.4 Å². The number of imidazole rings is 1. The van der Waals surface area contributed by atoms with Crippen molar-refractivity contribution in [3.63, 3.8) is 0 Å². The molecule has 1 fully saturated rings. The smallest absolute Gasteiger partial charge is 0.376 e. The maximum atomic E-state index is 13.4. The van der Waals surface area contributed by atoms with Crippen LogP contribution in [-0.2, 0) is 16.6 Å². The summed E-state index contributed by atoms with van der Waals surface area (Å²) in [6.45, 7) is 4.49. The van der Waals surface area contributed by atoms with Crippen molar-refractivity contribution in [3.8, 4) is 11.4 Å². The number of benzene rings is 2. The van der Waals surface area contributed by atoms with Gasteiger partial charge >= 0.3 is 7.05 Å². The molecular weight excluding hydrogens is 447 g/mol. The summed E-state index contributed by atoms with van der Waals surface area (Å²) in [5.74, 6) is 1.38. The van der Waals surface area contributed by atoms with E-state index >= 15 is 0 Å². The van der Waals surface area contributed by atoms with Gasteiger partial charge in [-0.2, -0.15) is 0 Å². The minimum Gasteiger partial charge on any atom is -0.437 e. The van der Waals surface area contributed by atoms with E-state index in [4.69, 9.17) is 0 Å². The van der Waals surface area contributed by atoms with Gasteiger partial charge in [-0.15, -0.1) is 0 Å². The number of hydrogen-bond acceptors (Lipinski definition) is 5. The topological polar surface area (TPSA) is 80.4 Å². The van der Waals surface area contributed by atoms with Crippen LogP contribution in [0, 0.1) is 5.92 Å². The van der Waals surface area contributed by atoms with Gasteiger partial charge in [0.1, 0.15) is 5.82 Å². The van der Waals surface area contributed by atoms with Crippen LogP contribution in [-0.4, -0.2) is 51.9 Å². The van der Waals surface area contributed by atoms with Crippen LogP contribution in [0.5, 0.6) is 0 Å². The maximum absolute atomic E-state index is 13.4. The Morgan fingerprint density at radius 2 is 1.76 bits per heavy atom. The molecule has 0 saturated carbocycles. The van der Waals surface area contributed by atoms with Crippen molar-refractivity contribution < 1.29 is 13.4 Å². The van der Waals surface area contributed by atoms with Gasteiger partial charge in [0.25, 0.3) is 10.0 Å². The van der Waals surface area contributed by atoms with Crippen LogP contribution in [0.1, 0.15) is 19.3 Å². The highest BCUT2D eigenvalue weighted by atomic mass is 32.2. The van der Waals surface area contributed by atoms with Gasteiger partial charge in [0.2, 0.25) is 0 Å². The molecule has 1 saturated heterocycles. The van der Waals surface area contributed by atoms with Gasteiger partial charge < -0.3 is 14.4 Å². The van der Waals surface area contributed by atoms with Crippen molar-refractivity contribution in [2.45, 2.75) is 37.5 Å². The summed E-state index contributed by atoms with van der Waals surface area (Å²) in [5.41, 5.74) is 1.45. The van der Waals surface area contributed by atoms with Gasteiger partial charge in [-0.1, -0.05) is 36.4 Å². The molecule has 0 aliphatic carbocycles. The van der Waals surface area contributed by atoms with E-state index in [-0.39, 0.29) is 11.9 Å². The van der Waals surface area contributed by atoms with Gasteiger partial charge in [-0.25, -0.2) is 17.4 Å². The van der Waals surface area contributed by atoms with E-state index in [2.05, 4.69) is 14.4 Å². The molecule has 0 amide bonds. The summed E-state index contributed by atoms with van der Waals surface area (Å²) in [6, 6.07) is 16.1. The largest absolute Gasteiger partial charge is 0.437 e. The number of piperidine rings is 1. The van der Waals surface area contributed by atoms with Crippen molar-refractivity contribution in [1.82, 2.24) is 18.3 Å². The highest BCUT2D eigenvalue weighted by molar-refractivity contribution is 7.90. The second-order valence-electron chi connectivity index (χ2n) is 9.02. The molecule has 0 spiro atoms. The van der Waals surface area contributed by atoms with E-state index in [1.165, 1.54) is 3.97 Å². The number of hydrogen-bond donors (Lipinski definition) is 1. The Hall–Kier alpha value is -2.88. The minimum atomic E-state index is -3.74. The molecule has 1 N–H and O–H groups in total. The highest BCUT2D eigenvalue weighted by Gasteiger charge is 2.25. The molecule has 9 heteroatoms. The SMILES string of the molecule is CB(O)N1CCC(CCn2ccnc2-c2cn(S(=O)(=O)c3ccccc3)c3ccccc23)CC1. The highest BCUT2D eigenvalue weighted by Crippen LogP contribution is 2.33. The van der Waals surface area contributed by atoms with Gasteiger partial charge in [-0.05, 0) is 63.3 Å².